The Hall–Kier alpha value is -3.32. The minimum atomic E-state index is -0.966. The Morgan fingerprint density at radius 3 is 1.44 bits per heavy atom. The molecule has 0 spiro atoms. The van der Waals surface area contributed by atoms with E-state index in [0.717, 1.165) is 22.3 Å². The number of hydrogen-bond acceptors (Lipinski definition) is 5. The van der Waals surface area contributed by atoms with Crippen LogP contribution in [0, 0.1) is 0 Å². The largest absolute Gasteiger partial charge is 0.374 e. The highest BCUT2D eigenvalue weighted by atomic mass is 16.6. The summed E-state index contributed by atoms with van der Waals surface area (Å²) in [7, 11) is 0. The van der Waals surface area contributed by atoms with Gasteiger partial charge in [-0.15, -0.1) is 0 Å². The van der Waals surface area contributed by atoms with E-state index in [0.29, 0.717) is 26.4 Å². The van der Waals surface area contributed by atoms with Gasteiger partial charge in [0.15, 0.2) is 0 Å². The maximum absolute atomic E-state index is 8.89. The molecular formula is C34H36O5. The average molecular weight is 526 g/mol. The highest BCUT2D eigenvalue weighted by molar-refractivity contribution is 5.16. The van der Waals surface area contributed by atoms with E-state index >= 15 is 0 Å². The summed E-state index contributed by atoms with van der Waals surface area (Å²) in [6.45, 7) is 0.829. The van der Waals surface area contributed by atoms with Gasteiger partial charge in [-0.05, 0) is 22.3 Å². The lowest BCUT2D eigenvalue weighted by Crippen LogP contribution is -2.57. The van der Waals surface area contributed by atoms with Crippen LogP contribution in [-0.4, -0.2) is 37.6 Å². The van der Waals surface area contributed by atoms with E-state index in [-0.39, 0.29) is 6.61 Å². The molecule has 0 amide bonds. The van der Waals surface area contributed by atoms with E-state index < -0.39 is 31.0 Å². The second-order valence-corrected chi connectivity index (χ2v) is 9.59. The number of benzene rings is 4. The van der Waals surface area contributed by atoms with Gasteiger partial charge in [0.1, 0.15) is 24.4 Å². The molecule has 1 aliphatic rings. The molecule has 0 N–H and O–H groups in total. The van der Waals surface area contributed by atoms with Gasteiger partial charge in [-0.25, -0.2) is 0 Å². The Morgan fingerprint density at radius 1 is 0.538 bits per heavy atom. The monoisotopic (exact) mass is 525 g/mol. The van der Waals surface area contributed by atoms with Crippen LogP contribution in [0.5, 0.6) is 0 Å². The van der Waals surface area contributed by atoms with Crippen molar-refractivity contribution in [3.63, 3.8) is 0 Å². The molecule has 4 aromatic carbocycles. The minimum Gasteiger partial charge on any atom is -0.374 e. The molecule has 0 aromatic heterocycles. The maximum Gasteiger partial charge on any atom is 0.115 e. The van der Waals surface area contributed by atoms with Crippen LogP contribution in [0.4, 0.5) is 0 Å². The summed E-state index contributed by atoms with van der Waals surface area (Å²) in [5, 5.41) is 0. The molecule has 1 heterocycles. The third-order valence-corrected chi connectivity index (χ3v) is 6.65. The highest BCUT2D eigenvalue weighted by Crippen LogP contribution is 2.27. The number of hydrogen-bond donors (Lipinski definition) is 0. The van der Waals surface area contributed by atoms with Crippen LogP contribution in [0.2, 0.25) is 0 Å². The molecule has 1 saturated heterocycles. The van der Waals surface area contributed by atoms with Gasteiger partial charge in [0, 0.05) is 0 Å². The molecule has 39 heavy (non-hydrogen) atoms. The number of rotatable bonds is 13. The van der Waals surface area contributed by atoms with Gasteiger partial charge >= 0.3 is 0 Å². The summed E-state index contributed by atoms with van der Waals surface area (Å²) in [5.41, 5.74) is 4.18. The normalized spacial score (nSPS) is 23.3. The third kappa shape index (κ3) is 8.33. The van der Waals surface area contributed by atoms with E-state index in [2.05, 4.69) is 0 Å². The standard InChI is InChI=1S/C34H36O5/c1-5-13-27(14-6-1)21-35-25-31-33(38-23-29-17-9-3-10-18-29)34(39-24-30-19-11-4-12-20-30)32(26-37-31)36-22-28-15-7-2-8-16-28/h1-20,31-34H,21-26H2/t31-,32+,33-,34-/m1/s1/i26D/t26-,31-,32+,33-,34-. The molecule has 4 aromatic rings. The fourth-order valence-electron chi connectivity index (χ4n) is 4.56. The van der Waals surface area contributed by atoms with Crippen molar-refractivity contribution in [2.24, 2.45) is 0 Å². The molecule has 0 unspecified atom stereocenters. The minimum absolute atomic E-state index is 0.264. The van der Waals surface area contributed by atoms with Gasteiger partial charge in [-0.2, -0.15) is 0 Å². The van der Waals surface area contributed by atoms with Crippen LogP contribution < -0.4 is 0 Å². The lowest BCUT2D eigenvalue weighted by molar-refractivity contribution is -0.246. The van der Waals surface area contributed by atoms with Crippen molar-refractivity contribution in [3.8, 4) is 0 Å². The Morgan fingerprint density at radius 2 is 0.949 bits per heavy atom. The summed E-state index contributed by atoms with van der Waals surface area (Å²) in [6, 6.07) is 40.0. The van der Waals surface area contributed by atoms with E-state index in [4.69, 9.17) is 25.1 Å². The first kappa shape index (κ1) is 25.9. The zero-order chi connectivity index (χ0) is 27.4. The van der Waals surface area contributed by atoms with E-state index in [1.165, 1.54) is 0 Å². The fraction of sp³-hybridized carbons (Fsp3) is 0.294. The van der Waals surface area contributed by atoms with E-state index in [1.807, 2.05) is 121 Å². The lowest BCUT2D eigenvalue weighted by Gasteiger charge is -2.42. The van der Waals surface area contributed by atoms with Gasteiger partial charge in [-0.1, -0.05) is 121 Å². The smallest absolute Gasteiger partial charge is 0.115 e. The van der Waals surface area contributed by atoms with E-state index in [9.17, 15) is 0 Å². The van der Waals surface area contributed by atoms with Crippen LogP contribution >= 0.6 is 0 Å². The van der Waals surface area contributed by atoms with Gasteiger partial charge in [0.25, 0.3) is 0 Å². The van der Waals surface area contributed by atoms with Crippen molar-refractivity contribution in [1.82, 2.24) is 0 Å². The second kappa shape index (κ2) is 14.7. The predicted molar refractivity (Wildman–Crippen MR) is 151 cm³/mol. The summed E-state index contributed by atoms with van der Waals surface area (Å²) >= 11 is 0. The van der Waals surface area contributed by atoms with Crippen LogP contribution in [0.3, 0.4) is 0 Å². The molecule has 5 atom stereocenters. The van der Waals surface area contributed by atoms with Crippen molar-refractivity contribution in [3.05, 3.63) is 144 Å². The quantitative estimate of drug-likeness (QED) is 0.203. The first-order valence-corrected chi connectivity index (χ1v) is 13.4. The van der Waals surface area contributed by atoms with Crippen LogP contribution in [-0.2, 0) is 50.1 Å². The van der Waals surface area contributed by atoms with Crippen LogP contribution in [0.25, 0.3) is 0 Å². The third-order valence-electron chi connectivity index (χ3n) is 6.65. The first-order chi connectivity index (χ1) is 19.8. The van der Waals surface area contributed by atoms with Gasteiger partial charge in [-0.3, -0.25) is 0 Å². The van der Waals surface area contributed by atoms with Crippen LogP contribution in [0.1, 0.15) is 23.6 Å². The lowest BCUT2D eigenvalue weighted by atomic mass is 9.99. The molecule has 5 heteroatoms. The number of ether oxygens (including phenoxy) is 5. The van der Waals surface area contributed by atoms with Gasteiger partial charge < -0.3 is 23.7 Å². The van der Waals surface area contributed by atoms with Crippen molar-refractivity contribution in [1.29, 1.82) is 0 Å². The van der Waals surface area contributed by atoms with Crippen molar-refractivity contribution >= 4 is 0 Å². The van der Waals surface area contributed by atoms with Crippen molar-refractivity contribution in [2.75, 3.05) is 13.2 Å². The predicted octanol–water partition coefficient (Wildman–Crippen LogP) is 6.36. The molecule has 5 nitrogen and oxygen atoms in total. The molecule has 0 saturated carbocycles. The molecule has 0 radical (unpaired) electrons. The molecule has 0 bridgehead atoms. The zero-order valence-corrected chi connectivity index (χ0v) is 22.0. The molecule has 202 valence electrons. The molecular weight excluding hydrogens is 488 g/mol. The zero-order valence-electron chi connectivity index (χ0n) is 23.0. The Labute approximate surface area is 232 Å². The van der Waals surface area contributed by atoms with E-state index in [1.54, 1.807) is 0 Å². The summed E-state index contributed by atoms with van der Waals surface area (Å²) in [6.07, 6.45) is -2.22. The second-order valence-electron chi connectivity index (χ2n) is 9.59. The first-order valence-electron chi connectivity index (χ1n) is 14.0. The van der Waals surface area contributed by atoms with Gasteiger partial charge in [0.2, 0.25) is 0 Å². The molecule has 1 aliphatic heterocycles. The van der Waals surface area contributed by atoms with Gasteiger partial charge in [0.05, 0.1) is 41.0 Å². The Balaban J connectivity index is 1.36. The molecule has 0 aliphatic carbocycles. The fourth-order valence-corrected chi connectivity index (χ4v) is 4.56. The average Bonchev–Trinajstić information content (AvgIpc) is 3.01. The Bertz CT molecular complexity index is 1240. The molecule has 1 fully saturated rings. The summed E-state index contributed by atoms with van der Waals surface area (Å²) in [4.78, 5) is 0. The SMILES string of the molecule is [2H][C@H]1O[C@H](COCc2ccccc2)[C@@H](OCc2ccccc2)[C@H](OCc2ccccc2)[C@H]1OCc1ccccc1. The maximum atomic E-state index is 8.89. The van der Waals surface area contributed by atoms with Crippen molar-refractivity contribution in [2.45, 2.75) is 50.8 Å². The van der Waals surface area contributed by atoms with Crippen molar-refractivity contribution < 1.29 is 25.1 Å². The Kier molecular flexibility index (Phi) is 9.79. The summed E-state index contributed by atoms with van der Waals surface area (Å²) < 4.78 is 40.6. The highest BCUT2D eigenvalue weighted by Gasteiger charge is 2.43. The summed E-state index contributed by atoms with van der Waals surface area (Å²) in [5.74, 6) is 0. The van der Waals surface area contributed by atoms with Crippen LogP contribution in [0.15, 0.2) is 121 Å². The molecule has 5 rings (SSSR count). The topological polar surface area (TPSA) is 46.2 Å².